The summed E-state index contributed by atoms with van der Waals surface area (Å²) in [5.41, 5.74) is 5.23. The number of nitrogens with two attached hydrogens (primary N) is 1. The molecular weight excluding hydrogens is 290 g/mol. The molecule has 0 aliphatic heterocycles. The molecule has 98 valence electrons. The molecule has 4 nitrogen and oxygen atoms in total. The minimum Gasteiger partial charge on any atom is -0.330 e. The van der Waals surface area contributed by atoms with Crippen molar-refractivity contribution in [1.29, 1.82) is 0 Å². The number of hydrogen-bond acceptors (Lipinski definition) is 3. The molecule has 0 unspecified atom stereocenters. The molecule has 0 heterocycles. The van der Waals surface area contributed by atoms with Gasteiger partial charge in [-0.15, -0.1) is 12.4 Å². The van der Waals surface area contributed by atoms with Gasteiger partial charge in [0.2, 0.25) is 10.0 Å². The van der Waals surface area contributed by atoms with Crippen molar-refractivity contribution < 1.29 is 12.8 Å². The molecule has 0 saturated heterocycles. The van der Waals surface area contributed by atoms with Crippen LogP contribution in [0.2, 0.25) is 5.02 Å². The Kier molecular flexibility index (Phi) is 6.96. The standard InChI is InChI=1S/C9H12ClFN2O2S.ClH/c10-8-3-2-7(11)6-9(8)16(14,15)13-5-1-4-12;/h2-3,6,13H,1,4-5,12H2;1H. The van der Waals surface area contributed by atoms with Gasteiger partial charge in [0.1, 0.15) is 10.7 Å². The van der Waals surface area contributed by atoms with E-state index in [1.807, 2.05) is 0 Å². The van der Waals surface area contributed by atoms with E-state index in [0.29, 0.717) is 13.0 Å². The van der Waals surface area contributed by atoms with Crippen LogP contribution >= 0.6 is 24.0 Å². The summed E-state index contributed by atoms with van der Waals surface area (Å²) in [6.07, 6.45) is 0.506. The van der Waals surface area contributed by atoms with E-state index in [0.717, 1.165) is 12.1 Å². The maximum absolute atomic E-state index is 12.9. The van der Waals surface area contributed by atoms with Crippen LogP contribution in [0.1, 0.15) is 6.42 Å². The summed E-state index contributed by atoms with van der Waals surface area (Å²) in [6, 6.07) is 3.18. The van der Waals surface area contributed by atoms with E-state index in [4.69, 9.17) is 17.3 Å². The largest absolute Gasteiger partial charge is 0.330 e. The lowest BCUT2D eigenvalue weighted by Gasteiger charge is -2.07. The topological polar surface area (TPSA) is 72.2 Å². The third kappa shape index (κ3) is 4.77. The van der Waals surface area contributed by atoms with Crippen LogP contribution in [-0.2, 0) is 10.0 Å². The van der Waals surface area contributed by atoms with Crippen LogP contribution in [-0.4, -0.2) is 21.5 Å². The van der Waals surface area contributed by atoms with E-state index in [-0.39, 0.29) is 28.9 Å². The van der Waals surface area contributed by atoms with Crippen LogP contribution in [0.4, 0.5) is 4.39 Å². The van der Waals surface area contributed by atoms with Crippen molar-refractivity contribution in [2.45, 2.75) is 11.3 Å². The van der Waals surface area contributed by atoms with Crippen LogP contribution in [0.5, 0.6) is 0 Å². The fourth-order valence-corrected chi connectivity index (χ4v) is 2.65. The van der Waals surface area contributed by atoms with E-state index in [1.165, 1.54) is 6.07 Å². The van der Waals surface area contributed by atoms with Crippen LogP contribution in [0, 0.1) is 5.82 Å². The van der Waals surface area contributed by atoms with E-state index in [1.54, 1.807) is 0 Å². The van der Waals surface area contributed by atoms with Gasteiger partial charge in [-0.25, -0.2) is 17.5 Å². The zero-order valence-electron chi connectivity index (χ0n) is 8.82. The van der Waals surface area contributed by atoms with E-state index >= 15 is 0 Å². The van der Waals surface area contributed by atoms with Gasteiger partial charge >= 0.3 is 0 Å². The molecule has 0 radical (unpaired) electrons. The maximum atomic E-state index is 12.9. The number of nitrogens with one attached hydrogen (secondary N) is 1. The highest BCUT2D eigenvalue weighted by Crippen LogP contribution is 2.21. The number of rotatable bonds is 5. The normalized spacial score (nSPS) is 11.0. The predicted octanol–water partition coefficient (Wildman–Crippen LogP) is 1.53. The Bertz CT molecular complexity index is 468. The number of sulfonamides is 1. The van der Waals surface area contributed by atoms with Crippen LogP contribution < -0.4 is 10.5 Å². The fourth-order valence-electron chi connectivity index (χ4n) is 1.07. The maximum Gasteiger partial charge on any atom is 0.242 e. The second kappa shape index (κ2) is 7.13. The smallest absolute Gasteiger partial charge is 0.242 e. The Labute approximate surface area is 111 Å². The van der Waals surface area contributed by atoms with Crippen molar-refractivity contribution in [2.24, 2.45) is 5.73 Å². The van der Waals surface area contributed by atoms with Gasteiger partial charge in [-0.3, -0.25) is 0 Å². The summed E-state index contributed by atoms with van der Waals surface area (Å²) < 4.78 is 38.5. The average molecular weight is 303 g/mol. The molecule has 1 rings (SSSR count). The summed E-state index contributed by atoms with van der Waals surface area (Å²) in [5.74, 6) is -0.649. The lowest BCUT2D eigenvalue weighted by atomic mass is 10.3. The van der Waals surface area contributed by atoms with Gasteiger partial charge in [-0.05, 0) is 31.2 Å². The number of benzene rings is 1. The first-order valence-corrected chi connectivity index (χ1v) is 6.48. The van der Waals surface area contributed by atoms with E-state index < -0.39 is 15.8 Å². The van der Waals surface area contributed by atoms with Gasteiger partial charge in [0.15, 0.2) is 0 Å². The van der Waals surface area contributed by atoms with E-state index in [9.17, 15) is 12.8 Å². The molecule has 0 aliphatic rings. The summed E-state index contributed by atoms with van der Waals surface area (Å²) >= 11 is 5.68. The third-order valence-electron chi connectivity index (χ3n) is 1.86. The summed E-state index contributed by atoms with van der Waals surface area (Å²) in [7, 11) is -3.76. The molecule has 0 bridgehead atoms. The molecule has 0 fully saturated rings. The Balaban J connectivity index is 0.00000256. The summed E-state index contributed by atoms with van der Waals surface area (Å²) in [5, 5.41) is -0.0124. The highest BCUT2D eigenvalue weighted by Gasteiger charge is 2.17. The van der Waals surface area contributed by atoms with Crippen molar-refractivity contribution in [3.05, 3.63) is 29.0 Å². The SMILES string of the molecule is Cl.NCCCNS(=O)(=O)c1cc(F)ccc1Cl. The summed E-state index contributed by atoms with van der Waals surface area (Å²) in [6.45, 7) is 0.574. The summed E-state index contributed by atoms with van der Waals surface area (Å²) in [4.78, 5) is -0.258. The lowest BCUT2D eigenvalue weighted by molar-refractivity contribution is 0.576. The molecule has 0 spiro atoms. The molecule has 0 aromatic heterocycles. The third-order valence-corrected chi connectivity index (χ3v) is 3.80. The van der Waals surface area contributed by atoms with Gasteiger partial charge < -0.3 is 5.73 Å². The predicted molar refractivity (Wildman–Crippen MR) is 67.5 cm³/mol. The number of halogens is 3. The molecule has 3 N–H and O–H groups in total. The highest BCUT2D eigenvalue weighted by molar-refractivity contribution is 7.89. The monoisotopic (exact) mass is 302 g/mol. The molecule has 0 aliphatic carbocycles. The van der Waals surface area contributed by atoms with Gasteiger partial charge in [0, 0.05) is 6.54 Å². The van der Waals surface area contributed by atoms with Crippen molar-refractivity contribution in [2.75, 3.05) is 13.1 Å². The molecule has 0 amide bonds. The molecule has 1 aromatic carbocycles. The van der Waals surface area contributed by atoms with Gasteiger partial charge in [-0.2, -0.15) is 0 Å². The Hall–Kier alpha value is -0.400. The second-order valence-corrected chi connectivity index (χ2v) is 5.26. The first-order chi connectivity index (χ1) is 7.47. The van der Waals surface area contributed by atoms with Gasteiger partial charge in [0.25, 0.3) is 0 Å². The molecule has 0 saturated carbocycles. The molecule has 17 heavy (non-hydrogen) atoms. The van der Waals surface area contributed by atoms with Gasteiger partial charge in [0.05, 0.1) is 5.02 Å². The lowest BCUT2D eigenvalue weighted by Crippen LogP contribution is -2.26. The molecule has 0 atom stereocenters. The van der Waals surface area contributed by atoms with Crippen molar-refractivity contribution in [3.63, 3.8) is 0 Å². The van der Waals surface area contributed by atoms with Crippen LogP contribution in [0.25, 0.3) is 0 Å². The number of hydrogen-bond donors (Lipinski definition) is 2. The fraction of sp³-hybridized carbons (Fsp3) is 0.333. The molecule has 8 heteroatoms. The minimum atomic E-state index is -3.76. The van der Waals surface area contributed by atoms with Gasteiger partial charge in [-0.1, -0.05) is 11.6 Å². The first-order valence-electron chi connectivity index (χ1n) is 4.62. The Morgan fingerprint density at radius 1 is 1.41 bits per heavy atom. The average Bonchev–Trinajstić information content (AvgIpc) is 2.22. The first kappa shape index (κ1) is 16.6. The van der Waals surface area contributed by atoms with Crippen LogP contribution in [0.3, 0.4) is 0 Å². The molecular formula is C9H13Cl2FN2O2S. The molecule has 1 aromatic rings. The highest BCUT2D eigenvalue weighted by atomic mass is 35.5. The Morgan fingerprint density at radius 3 is 2.65 bits per heavy atom. The van der Waals surface area contributed by atoms with E-state index in [2.05, 4.69) is 4.72 Å². The van der Waals surface area contributed by atoms with Crippen molar-refractivity contribution in [1.82, 2.24) is 4.72 Å². The zero-order valence-corrected chi connectivity index (χ0v) is 11.2. The second-order valence-electron chi connectivity index (χ2n) is 3.11. The van der Waals surface area contributed by atoms with Crippen LogP contribution in [0.15, 0.2) is 23.1 Å². The Morgan fingerprint density at radius 2 is 2.06 bits per heavy atom. The quantitative estimate of drug-likeness (QED) is 0.810. The van der Waals surface area contributed by atoms with Crippen molar-refractivity contribution >= 4 is 34.0 Å². The zero-order chi connectivity index (χ0) is 12.2. The minimum absolute atomic E-state index is 0. The van der Waals surface area contributed by atoms with Crippen molar-refractivity contribution in [3.8, 4) is 0 Å².